The number of rotatable bonds is 7. The first-order valence-corrected chi connectivity index (χ1v) is 11.5. The van der Waals surface area contributed by atoms with Gasteiger partial charge in [-0.15, -0.1) is 12.4 Å². The Balaban J connectivity index is 0.00000272. The number of carbonyl (C=O) groups is 1. The molecule has 1 aliphatic rings. The fourth-order valence-electron chi connectivity index (χ4n) is 3.82. The van der Waals surface area contributed by atoms with E-state index in [1.165, 1.54) is 5.56 Å². The fourth-order valence-corrected chi connectivity index (χ4v) is 4.86. The third-order valence-electron chi connectivity index (χ3n) is 5.59. The van der Waals surface area contributed by atoms with Crippen LogP contribution in [0.4, 0.5) is 5.13 Å². The Hall–Kier alpha value is -2.00. The molecule has 1 aromatic carbocycles. The fraction of sp³-hybridized carbons (Fsp3) is 0.500. The van der Waals surface area contributed by atoms with Crippen LogP contribution in [-0.4, -0.2) is 65.0 Å². The molecule has 1 aliphatic heterocycles. The summed E-state index contributed by atoms with van der Waals surface area (Å²) < 4.78 is 8.43. The molecule has 0 radical (unpaired) electrons. The van der Waals surface area contributed by atoms with E-state index in [-0.39, 0.29) is 18.3 Å². The molecule has 0 saturated carbocycles. The zero-order valence-corrected chi connectivity index (χ0v) is 20.0. The molecule has 0 atom stereocenters. The standard InChI is InChI=1S/C22H29N5O2S.ClH/c1-4-17-7-6-8-19-20(17)23-22(30-19)26(10-9-25-11-13-29-14-12-25)21(28)18-15-16(3)27(5-2)24-18;/h6-8,15H,4-5,9-14H2,1-3H3;1H. The van der Waals surface area contributed by atoms with Gasteiger partial charge in [-0.2, -0.15) is 5.10 Å². The zero-order chi connectivity index (χ0) is 21.1. The van der Waals surface area contributed by atoms with Crippen molar-refractivity contribution in [2.24, 2.45) is 0 Å². The number of amides is 1. The highest BCUT2D eigenvalue weighted by Crippen LogP contribution is 2.31. The van der Waals surface area contributed by atoms with Crippen molar-refractivity contribution in [1.29, 1.82) is 0 Å². The molecule has 31 heavy (non-hydrogen) atoms. The lowest BCUT2D eigenvalue weighted by Gasteiger charge is -2.29. The lowest BCUT2D eigenvalue weighted by atomic mass is 10.1. The Morgan fingerprint density at radius 2 is 2.03 bits per heavy atom. The molecule has 0 aliphatic carbocycles. The van der Waals surface area contributed by atoms with Crippen LogP contribution in [0.3, 0.4) is 0 Å². The normalized spacial score (nSPS) is 14.5. The van der Waals surface area contributed by atoms with Gasteiger partial charge in [-0.05, 0) is 38.0 Å². The summed E-state index contributed by atoms with van der Waals surface area (Å²) in [6.07, 6.45) is 0.919. The molecular weight excluding hydrogens is 434 g/mol. The average Bonchev–Trinajstić information content (AvgIpc) is 3.37. The molecule has 1 amide bonds. The number of fused-ring (bicyclic) bond motifs is 1. The van der Waals surface area contributed by atoms with Crippen molar-refractivity contribution >= 4 is 45.0 Å². The number of anilines is 1. The molecule has 9 heteroatoms. The summed E-state index contributed by atoms with van der Waals surface area (Å²) in [5.41, 5.74) is 3.68. The number of ether oxygens (including phenoxy) is 1. The second-order valence-corrected chi connectivity index (χ2v) is 8.52. The molecule has 3 aromatic rings. The van der Waals surface area contributed by atoms with Gasteiger partial charge in [-0.1, -0.05) is 30.4 Å². The average molecular weight is 464 g/mol. The smallest absolute Gasteiger partial charge is 0.280 e. The van der Waals surface area contributed by atoms with Crippen LogP contribution >= 0.6 is 23.7 Å². The topological polar surface area (TPSA) is 63.5 Å². The number of nitrogens with zero attached hydrogens (tertiary/aromatic N) is 5. The molecule has 3 heterocycles. The Kier molecular flexibility index (Phi) is 8.05. The maximum atomic E-state index is 13.5. The Morgan fingerprint density at radius 1 is 1.26 bits per heavy atom. The monoisotopic (exact) mass is 463 g/mol. The van der Waals surface area contributed by atoms with Crippen LogP contribution in [0.5, 0.6) is 0 Å². The molecule has 0 N–H and O–H groups in total. The second kappa shape index (κ2) is 10.5. The molecule has 0 unspecified atom stereocenters. The van der Waals surface area contributed by atoms with E-state index in [0.29, 0.717) is 12.2 Å². The van der Waals surface area contributed by atoms with Crippen molar-refractivity contribution in [3.63, 3.8) is 0 Å². The summed E-state index contributed by atoms with van der Waals surface area (Å²) in [5, 5.41) is 5.27. The van der Waals surface area contributed by atoms with E-state index in [1.807, 2.05) is 24.6 Å². The summed E-state index contributed by atoms with van der Waals surface area (Å²) in [6.45, 7) is 11.5. The second-order valence-electron chi connectivity index (χ2n) is 7.51. The lowest BCUT2D eigenvalue weighted by Crippen LogP contribution is -2.43. The van der Waals surface area contributed by atoms with Crippen LogP contribution < -0.4 is 4.90 Å². The van der Waals surface area contributed by atoms with Crippen LogP contribution in [0.15, 0.2) is 24.3 Å². The first kappa shape index (κ1) is 23.7. The van der Waals surface area contributed by atoms with Crippen molar-refractivity contribution < 1.29 is 9.53 Å². The molecule has 1 saturated heterocycles. The molecule has 4 rings (SSSR count). The van der Waals surface area contributed by atoms with Crippen LogP contribution in [0.1, 0.15) is 35.6 Å². The molecule has 2 aromatic heterocycles. The van der Waals surface area contributed by atoms with Crippen LogP contribution in [-0.2, 0) is 17.7 Å². The van der Waals surface area contributed by atoms with Gasteiger partial charge in [0.2, 0.25) is 0 Å². The highest BCUT2D eigenvalue weighted by atomic mass is 35.5. The predicted octanol–water partition coefficient (Wildman–Crippen LogP) is 3.78. The van der Waals surface area contributed by atoms with Gasteiger partial charge in [0.1, 0.15) is 0 Å². The van der Waals surface area contributed by atoms with E-state index < -0.39 is 0 Å². The van der Waals surface area contributed by atoms with Gasteiger partial charge in [-0.25, -0.2) is 4.98 Å². The SMILES string of the molecule is CCc1cccc2sc(N(CCN3CCOCC3)C(=O)c3cc(C)n(CC)n3)nc12.Cl. The maximum absolute atomic E-state index is 13.5. The third-order valence-corrected chi connectivity index (χ3v) is 6.64. The lowest BCUT2D eigenvalue weighted by molar-refractivity contribution is 0.0391. The first-order valence-electron chi connectivity index (χ1n) is 10.7. The molecule has 168 valence electrons. The van der Waals surface area contributed by atoms with E-state index in [0.717, 1.165) is 66.9 Å². The zero-order valence-electron chi connectivity index (χ0n) is 18.3. The first-order chi connectivity index (χ1) is 14.6. The van der Waals surface area contributed by atoms with Crippen molar-refractivity contribution in [2.45, 2.75) is 33.7 Å². The largest absolute Gasteiger partial charge is 0.379 e. The molecular formula is C22H30ClN5O2S. The number of aryl methyl sites for hydroxylation is 3. The number of morpholine rings is 1. The van der Waals surface area contributed by atoms with Gasteiger partial charge >= 0.3 is 0 Å². The highest BCUT2D eigenvalue weighted by molar-refractivity contribution is 7.22. The van der Waals surface area contributed by atoms with Crippen LogP contribution in [0.2, 0.25) is 0 Å². The van der Waals surface area contributed by atoms with Crippen molar-refractivity contribution in [3.8, 4) is 0 Å². The quantitative estimate of drug-likeness (QED) is 0.533. The van der Waals surface area contributed by atoms with Crippen molar-refractivity contribution in [2.75, 3.05) is 44.3 Å². The Labute approximate surface area is 193 Å². The van der Waals surface area contributed by atoms with Crippen molar-refractivity contribution in [3.05, 3.63) is 41.2 Å². The number of thiazole rings is 1. The van der Waals surface area contributed by atoms with E-state index in [9.17, 15) is 4.79 Å². The molecule has 0 bridgehead atoms. The van der Waals surface area contributed by atoms with Gasteiger partial charge in [-0.3, -0.25) is 19.3 Å². The number of hydrogen-bond donors (Lipinski definition) is 0. The summed E-state index contributed by atoms with van der Waals surface area (Å²) in [4.78, 5) is 22.5. The number of aromatic nitrogens is 3. The Bertz CT molecular complexity index is 1030. The van der Waals surface area contributed by atoms with E-state index in [1.54, 1.807) is 16.2 Å². The minimum absolute atomic E-state index is 0. The summed E-state index contributed by atoms with van der Waals surface area (Å²) in [7, 11) is 0. The number of benzene rings is 1. The minimum atomic E-state index is -0.0873. The van der Waals surface area contributed by atoms with Gasteiger partial charge < -0.3 is 4.74 Å². The van der Waals surface area contributed by atoms with Gasteiger partial charge in [0, 0.05) is 38.4 Å². The summed E-state index contributed by atoms with van der Waals surface area (Å²) in [6, 6.07) is 8.13. The van der Waals surface area contributed by atoms with E-state index in [4.69, 9.17) is 9.72 Å². The summed E-state index contributed by atoms with van der Waals surface area (Å²) in [5.74, 6) is -0.0873. The predicted molar refractivity (Wildman–Crippen MR) is 128 cm³/mol. The molecule has 7 nitrogen and oxygen atoms in total. The van der Waals surface area contributed by atoms with Gasteiger partial charge in [0.25, 0.3) is 5.91 Å². The number of hydrogen-bond acceptors (Lipinski definition) is 6. The maximum Gasteiger partial charge on any atom is 0.280 e. The third kappa shape index (κ3) is 5.09. The van der Waals surface area contributed by atoms with Gasteiger partial charge in [0.15, 0.2) is 10.8 Å². The van der Waals surface area contributed by atoms with E-state index >= 15 is 0 Å². The number of carbonyl (C=O) groups excluding carboxylic acids is 1. The number of para-hydroxylation sites is 1. The van der Waals surface area contributed by atoms with Crippen LogP contribution in [0.25, 0.3) is 10.2 Å². The van der Waals surface area contributed by atoms with E-state index in [2.05, 4.69) is 35.1 Å². The van der Waals surface area contributed by atoms with Gasteiger partial charge in [0.05, 0.1) is 23.4 Å². The highest BCUT2D eigenvalue weighted by Gasteiger charge is 2.25. The molecule has 0 spiro atoms. The summed E-state index contributed by atoms with van der Waals surface area (Å²) >= 11 is 1.58. The Morgan fingerprint density at radius 3 is 2.71 bits per heavy atom. The van der Waals surface area contributed by atoms with Crippen molar-refractivity contribution in [1.82, 2.24) is 19.7 Å². The minimum Gasteiger partial charge on any atom is -0.379 e. The molecule has 1 fully saturated rings. The van der Waals surface area contributed by atoms with Crippen LogP contribution in [0, 0.1) is 6.92 Å². The number of halogens is 1.